The van der Waals surface area contributed by atoms with Gasteiger partial charge in [0.1, 0.15) is 15.3 Å². The third kappa shape index (κ3) is 3.21. The molecule has 1 aliphatic rings. The van der Waals surface area contributed by atoms with Crippen LogP contribution in [0.1, 0.15) is 25.7 Å². The summed E-state index contributed by atoms with van der Waals surface area (Å²) in [6, 6.07) is 0. The third-order valence-electron chi connectivity index (χ3n) is 1.16. The molecule has 0 aromatic heterocycles. The van der Waals surface area contributed by atoms with Gasteiger partial charge in [0.15, 0.2) is 0 Å². The molecular weight excluding hydrogens is 140 g/mol. The Morgan fingerprint density at radius 2 is 1.62 bits per heavy atom. The average Bonchev–Trinajstić information content (AvgIpc) is 2.24. The molecule has 0 spiro atoms. The normalized spacial score (nSPS) is 17.9. The molecule has 0 heterocycles. The van der Waals surface area contributed by atoms with Crippen molar-refractivity contribution in [2.75, 3.05) is 0 Å². The second-order valence-corrected chi connectivity index (χ2v) is 1.75. The summed E-state index contributed by atoms with van der Waals surface area (Å²) in [7, 11) is 0.778. The minimum atomic E-state index is 0.454. The Hall–Kier alpha value is 0.177. The van der Waals surface area contributed by atoms with Gasteiger partial charge >= 0.3 is 0 Å². The maximum atomic E-state index is 10.2. The van der Waals surface area contributed by atoms with Crippen molar-refractivity contribution in [3.05, 3.63) is 0 Å². The second kappa shape index (κ2) is 5.32. The van der Waals surface area contributed by atoms with Gasteiger partial charge in [-0.2, -0.15) is 11.1 Å². The highest BCUT2D eigenvalue weighted by Gasteiger charge is 2.07. The lowest BCUT2D eigenvalue weighted by Crippen LogP contribution is -1.81. The van der Waals surface area contributed by atoms with E-state index in [4.69, 9.17) is 11.1 Å². The van der Waals surface area contributed by atoms with Crippen molar-refractivity contribution in [3.8, 4) is 0 Å². The minimum Gasteiger partial charge on any atom is -0.300 e. The van der Waals surface area contributed by atoms with Gasteiger partial charge in [-0.3, -0.25) is 4.79 Å². The largest absolute Gasteiger partial charge is 0.300 e. The molecule has 3 heteroatoms. The van der Waals surface area contributed by atoms with E-state index < -0.39 is 0 Å². The van der Waals surface area contributed by atoms with E-state index in [1.54, 1.807) is 0 Å². The smallest absolute Gasteiger partial charge is 0.132 e. The van der Waals surface area contributed by atoms with Crippen LogP contribution in [0.4, 0.5) is 0 Å². The lowest BCUT2D eigenvalue weighted by Gasteiger charge is -1.71. The molecule has 0 N–H and O–H groups in total. The Morgan fingerprint density at radius 1 is 1.25 bits per heavy atom. The van der Waals surface area contributed by atoms with Crippen molar-refractivity contribution in [1.29, 1.82) is 0 Å². The summed E-state index contributed by atoms with van der Waals surface area (Å²) in [5.41, 5.74) is 0. The number of rotatable bonds is 0. The maximum absolute atomic E-state index is 10.2. The Bertz CT molecular complexity index is 66.8. The molecule has 48 valence electrons. The van der Waals surface area contributed by atoms with Crippen molar-refractivity contribution in [2.45, 2.75) is 25.7 Å². The third-order valence-corrected chi connectivity index (χ3v) is 1.16. The van der Waals surface area contributed by atoms with Crippen LogP contribution in [-0.4, -0.2) is 15.3 Å². The number of hydrogen-bond donors (Lipinski definition) is 0. The van der Waals surface area contributed by atoms with Gasteiger partial charge in [-0.1, -0.05) is 0 Å². The molecule has 8 heavy (non-hydrogen) atoms. The van der Waals surface area contributed by atoms with Crippen molar-refractivity contribution in [1.82, 2.24) is 0 Å². The van der Waals surface area contributed by atoms with Gasteiger partial charge < -0.3 is 0 Å². The Balaban J connectivity index is 0.000000222. The number of carbonyl (C=O) groups is 1. The molecule has 1 aliphatic carbocycles. The first-order valence-electron chi connectivity index (χ1n) is 2.79. The average molecular weight is 151 g/mol. The van der Waals surface area contributed by atoms with Crippen LogP contribution in [0.25, 0.3) is 0 Å². The van der Waals surface area contributed by atoms with E-state index in [1.165, 1.54) is 0 Å². The van der Waals surface area contributed by atoms with Gasteiger partial charge in [-0.05, 0) is 12.8 Å². The van der Waals surface area contributed by atoms with Crippen LogP contribution in [0.2, 0.25) is 0 Å². The Labute approximate surface area is 57.5 Å². The Kier molecular flexibility index (Phi) is 5.43. The van der Waals surface area contributed by atoms with Gasteiger partial charge in [-0.15, -0.1) is 0 Å². The van der Waals surface area contributed by atoms with Gasteiger partial charge in [-0.25, -0.2) is 0 Å². The highest BCUT2D eigenvalue weighted by molar-refractivity contribution is 6.80. The summed E-state index contributed by atoms with van der Waals surface area (Å²) in [5, 5.41) is 0. The molecule has 1 nitrogen and oxygen atoms in total. The first-order valence-corrected chi connectivity index (χ1v) is 5.81. The molecule has 0 radical (unpaired) electrons. The molecule has 1 saturated carbocycles. The molecular formula is C5H11ClOSi. The quantitative estimate of drug-likeness (QED) is 0.366. The highest BCUT2D eigenvalue weighted by atomic mass is 35.6. The lowest BCUT2D eigenvalue weighted by atomic mass is 10.4. The number of ketones is 1. The molecule has 0 saturated heterocycles. The van der Waals surface area contributed by atoms with E-state index in [0.29, 0.717) is 5.78 Å². The number of Topliss-reactive ketones (excluding diaryl/α,β-unsaturated/α-hetero) is 1. The van der Waals surface area contributed by atoms with Crippen LogP contribution < -0.4 is 0 Å². The van der Waals surface area contributed by atoms with E-state index in [9.17, 15) is 4.79 Å². The fourth-order valence-corrected chi connectivity index (χ4v) is 0.769. The summed E-state index contributed by atoms with van der Waals surface area (Å²) in [4.78, 5) is 10.2. The zero-order valence-electron chi connectivity index (χ0n) is 5.11. The first-order chi connectivity index (χ1) is 3.89. The first kappa shape index (κ1) is 8.18. The maximum Gasteiger partial charge on any atom is 0.132 e. The van der Waals surface area contributed by atoms with E-state index >= 15 is 0 Å². The number of hydrogen-bond acceptors (Lipinski definition) is 1. The van der Waals surface area contributed by atoms with Crippen molar-refractivity contribution >= 4 is 26.4 Å². The molecule has 0 aliphatic heterocycles. The fourth-order valence-electron chi connectivity index (χ4n) is 0.769. The molecule has 0 atom stereocenters. The fraction of sp³-hybridized carbons (Fsp3) is 0.800. The zero-order chi connectivity index (χ0) is 6.41. The summed E-state index contributed by atoms with van der Waals surface area (Å²) >= 11 is 4.78. The Morgan fingerprint density at radius 3 is 1.75 bits per heavy atom. The molecule has 0 aromatic rings. The minimum absolute atomic E-state index is 0.454. The lowest BCUT2D eigenvalue weighted by molar-refractivity contribution is -0.117. The van der Waals surface area contributed by atoms with Gasteiger partial charge in [0.25, 0.3) is 0 Å². The SMILES string of the molecule is O=C1CCCC1.[SiH3]Cl. The molecule has 0 amide bonds. The van der Waals surface area contributed by atoms with E-state index in [2.05, 4.69) is 0 Å². The van der Waals surface area contributed by atoms with E-state index in [-0.39, 0.29) is 0 Å². The predicted octanol–water partition coefficient (Wildman–Crippen LogP) is 0.635. The van der Waals surface area contributed by atoms with Crippen LogP contribution in [-0.2, 0) is 4.79 Å². The molecule has 0 bridgehead atoms. The summed E-state index contributed by atoms with van der Waals surface area (Å²) < 4.78 is 0. The number of halogens is 1. The summed E-state index contributed by atoms with van der Waals surface area (Å²) in [6.07, 6.45) is 3.97. The van der Waals surface area contributed by atoms with E-state index in [1.807, 2.05) is 0 Å². The molecule has 1 rings (SSSR count). The van der Waals surface area contributed by atoms with Crippen molar-refractivity contribution < 1.29 is 4.79 Å². The second-order valence-electron chi connectivity index (χ2n) is 1.75. The monoisotopic (exact) mass is 150 g/mol. The summed E-state index contributed by atoms with van der Waals surface area (Å²) in [6.45, 7) is 0. The summed E-state index contributed by atoms with van der Waals surface area (Å²) in [5.74, 6) is 0.454. The van der Waals surface area contributed by atoms with E-state index in [0.717, 1.165) is 35.2 Å². The van der Waals surface area contributed by atoms with Gasteiger partial charge in [0.2, 0.25) is 0 Å². The molecule has 0 aromatic carbocycles. The zero-order valence-corrected chi connectivity index (χ0v) is 7.87. The topological polar surface area (TPSA) is 17.1 Å². The van der Waals surface area contributed by atoms with Gasteiger partial charge in [0.05, 0.1) is 0 Å². The van der Waals surface area contributed by atoms with Crippen LogP contribution in [0.15, 0.2) is 0 Å². The molecule has 1 fully saturated rings. The van der Waals surface area contributed by atoms with Crippen molar-refractivity contribution in [2.24, 2.45) is 0 Å². The van der Waals surface area contributed by atoms with Gasteiger partial charge in [0, 0.05) is 12.8 Å². The van der Waals surface area contributed by atoms with Crippen LogP contribution in [0.5, 0.6) is 0 Å². The number of carbonyl (C=O) groups excluding carboxylic acids is 1. The predicted molar refractivity (Wildman–Crippen MR) is 39.3 cm³/mol. The highest BCUT2D eigenvalue weighted by Crippen LogP contribution is 2.11. The van der Waals surface area contributed by atoms with Crippen LogP contribution in [0.3, 0.4) is 0 Å². The van der Waals surface area contributed by atoms with Crippen LogP contribution in [0, 0.1) is 0 Å². The standard InChI is InChI=1S/C5H8O.ClH3Si/c6-5-3-1-2-4-5;1-2/h1-4H2;2H3. The van der Waals surface area contributed by atoms with Crippen LogP contribution >= 0.6 is 11.1 Å². The van der Waals surface area contributed by atoms with Crippen molar-refractivity contribution in [3.63, 3.8) is 0 Å². The molecule has 0 unspecified atom stereocenters.